The summed E-state index contributed by atoms with van der Waals surface area (Å²) in [6.07, 6.45) is -1.08. The van der Waals surface area contributed by atoms with Crippen molar-refractivity contribution in [3.63, 3.8) is 0 Å². The number of carbonyl (C=O) groups is 2. The molecule has 0 aromatic rings. The van der Waals surface area contributed by atoms with Gasteiger partial charge in [-0.1, -0.05) is 0 Å². The number of carbonyl (C=O) groups excluding carboxylic acids is 2. The zero-order valence-corrected chi connectivity index (χ0v) is 5.89. The van der Waals surface area contributed by atoms with Crippen LogP contribution in [0.15, 0.2) is 0 Å². The van der Waals surface area contributed by atoms with Crippen molar-refractivity contribution in [2.45, 2.75) is 26.4 Å². The number of rotatable bonds is 3. The highest BCUT2D eigenvalue weighted by Crippen LogP contribution is 1.94. The minimum absolute atomic E-state index is 0.299. The molecule has 0 aliphatic heterocycles. The molecule has 0 heterocycles. The molecule has 0 aliphatic carbocycles. The average molecular weight is 148 g/mol. The molecule has 0 amide bonds. The molecule has 0 aliphatic rings. The summed E-state index contributed by atoms with van der Waals surface area (Å²) in [6, 6.07) is -1.66. The molecular formula is C6H9FO3. The van der Waals surface area contributed by atoms with E-state index in [0.717, 1.165) is 0 Å². The predicted octanol–water partition coefficient (Wildman–Crippen LogP) is 0.824. The first kappa shape index (κ1) is 9.07. The van der Waals surface area contributed by atoms with Crippen LogP contribution in [-0.4, -0.2) is 18.1 Å². The van der Waals surface area contributed by atoms with Crippen molar-refractivity contribution in [1.82, 2.24) is 0 Å². The second kappa shape index (κ2) is 3.98. The molecule has 0 saturated heterocycles. The summed E-state index contributed by atoms with van der Waals surface area (Å²) in [5.74, 6) is -0.817. The number of hydrogen-bond donors (Lipinski definition) is 0. The lowest BCUT2D eigenvalue weighted by Gasteiger charge is -2.04. The van der Waals surface area contributed by atoms with Crippen molar-refractivity contribution in [1.29, 1.82) is 0 Å². The molecule has 0 bridgehead atoms. The third-order valence-electron chi connectivity index (χ3n) is 0.650. The molecule has 0 aromatic heterocycles. The van der Waals surface area contributed by atoms with Gasteiger partial charge in [0, 0.05) is 0 Å². The Morgan fingerprint density at radius 2 is 2.00 bits per heavy atom. The summed E-state index contributed by atoms with van der Waals surface area (Å²) in [7, 11) is 0. The predicted molar refractivity (Wildman–Crippen MR) is 32.0 cm³/mol. The first-order valence-electron chi connectivity index (χ1n) is 2.90. The molecule has 0 radical (unpaired) electrons. The maximum absolute atomic E-state index is 11.5. The van der Waals surface area contributed by atoms with E-state index in [1.807, 2.05) is 0 Å². The summed E-state index contributed by atoms with van der Waals surface area (Å²) in [5.41, 5.74) is 0. The first-order valence-corrected chi connectivity index (χ1v) is 2.90. The van der Waals surface area contributed by atoms with E-state index in [0.29, 0.717) is 0 Å². The smallest absolute Gasteiger partial charge is 0.316 e. The lowest BCUT2D eigenvalue weighted by molar-refractivity contribution is -0.151. The van der Waals surface area contributed by atoms with E-state index in [1.165, 1.54) is 0 Å². The van der Waals surface area contributed by atoms with Crippen molar-refractivity contribution in [3.05, 3.63) is 0 Å². The Balaban J connectivity index is 3.54. The molecule has 0 saturated carbocycles. The number of halogens is 1. The Labute approximate surface area is 58.2 Å². The van der Waals surface area contributed by atoms with Crippen LogP contribution in [0.25, 0.3) is 0 Å². The third-order valence-corrected chi connectivity index (χ3v) is 0.650. The van der Waals surface area contributed by atoms with Gasteiger partial charge in [-0.25, -0.2) is 0 Å². The fourth-order valence-corrected chi connectivity index (χ4v) is 0.418. The fourth-order valence-electron chi connectivity index (χ4n) is 0.418. The molecule has 3 nitrogen and oxygen atoms in total. The summed E-state index contributed by atoms with van der Waals surface area (Å²) < 4.78 is 15.9. The maximum Gasteiger partial charge on any atom is 0.316 e. The van der Waals surface area contributed by atoms with Gasteiger partial charge in [-0.05, 0) is 13.8 Å². The quantitative estimate of drug-likeness (QED) is 0.338. The molecule has 0 aromatic carbocycles. The molecule has 0 rings (SSSR count). The monoisotopic (exact) mass is 148 g/mol. The minimum atomic E-state index is -1.66. The second-order valence-electron chi connectivity index (χ2n) is 2.07. The Hall–Kier alpha value is -0.930. The number of esters is 1. The third kappa shape index (κ3) is 5.21. The summed E-state index contributed by atoms with van der Waals surface area (Å²) in [6.45, 7) is 3.25. The van der Waals surface area contributed by atoms with Crippen LogP contribution in [0.3, 0.4) is 0 Å². The Kier molecular flexibility index (Phi) is 3.61. The second-order valence-corrected chi connectivity index (χ2v) is 2.07. The Morgan fingerprint density at radius 3 is 2.30 bits per heavy atom. The van der Waals surface area contributed by atoms with Gasteiger partial charge in [-0.15, -0.1) is 0 Å². The number of ether oxygens (including phenoxy) is 1. The van der Waals surface area contributed by atoms with Crippen LogP contribution in [0.1, 0.15) is 20.3 Å². The average Bonchev–Trinajstić information content (AvgIpc) is 1.58. The molecular weight excluding hydrogens is 139 g/mol. The van der Waals surface area contributed by atoms with Crippen LogP contribution in [0.4, 0.5) is 4.39 Å². The highest BCUT2D eigenvalue weighted by molar-refractivity contribution is 5.90. The topological polar surface area (TPSA) is 43.4 Å². The van der Waals surface area contributed by atoms with Crippen LogP contribution >= 0.6 is 0 Å². The van der Waals surface area contributed by atoms with Crippen LogP contribution < -0.4 is 0 Å². The molecule has 0 N–H and O–H groups in total. The van der Waals surface area contributed by atoms with Crippen LogP contribution in [0.5, 0.6) is 0 Å². The standard InChI is InChI=1S/C6H9FO3/c1-4(2)10-6(9)3-5(7)8/h4H,3H2,1-2H3. The van der Waals surface area contributed by atoms with E-state index in [1.54, 1.807) is 13.8 Å². The van der Waals surface area contributed by atoms with Gasteiger partial charge in [-0.3, -0.25) is 9.59 Å². The highest BCUT2D eigenvalue weighted by Gasteiger charge is 2.10. The van der Waals surface area contributed by atoms with Gasteiger partial charge in [0.2, 0.25) is 0 Å². The highest BCUT2D eigenvalue weighted by atomic mass is 19.1. The summed E-state index contributed by atoms with van der Waals surface area (Å²) in [4.78, 5) is 20.0. The van der Waals surface area contributed by atoms with Gasteiger partial charge in [0.15, 0.2) is 0 Å². The molecule has 0 fully saturated rings. The largest absolute Gasteiger partial charge is 0.463 e. The van der Waals surface area contributed by atoms with Crippen molar-refractivity contribution in [3.8, 4) is 0 Å². The van der Waals surface area contributed by atoms with Crippen LogP contribution in [0, 0.1) is 0 Å². The van der Waals surface area contributed by atoms with Gasteiger partial charge in [0.1, 0.15) is 6.42 Å². The van der Waals surface area contributed by atoms with Crippen molar-refractivity contribution >= 4 is 12.0 Å². The molecule has 58 valence electrons. The van der Waals surface area contributed by atoms with Crippen molar-refractivity contribution < 1.29 is 18.7 Å². The van der Waals surface area contributed by atoms with Gasteiger partial charge in [0.05, 0.1) is 6.10 Å². The lowest BCUT2D eigenvalue weighted by atomic mass is 10.4. The molecule has 0 spiro atoms. The Bertz CT molecular complexity index is 142. The lowest BCUT2D eigenvalue weighted by Crippen LogP contribution is -2.13. The van der Waals surface area contributed by atoms with E-state index in [-0.39, 0.29) is 6.10 Å². The van der Waals surface area contributed by atoms with Crippen molar-refractivity contribution in [2.24, 2.45) is 0 Å². The SMILES string of the molecule is CC(C)OC(=O)CC(=O)F. The van der Waals surface area contributed by atoms with Gasteiger partial charge < -0.3 is 4.74 Å². The molecule has 0 atom stereocenters. The van der Waals surface area contributed by atoms with E-state index in [4.69, 9.17) is 0 Å². The van der Waals surface area contributed by atoms with Crippen molar-refractivity contribution in [2.75, 3.05) is 0 Å². The molecule has 10 heavy (non-hydrogen) atoms. The Morgan fingerprint density at radius 1 is 1.50 bits per heavy atom. The van der Waals surface area contributed by atoms with E-state index < -0.39 is 18.4 Å². The summed E-state index contributed by atoms with van der Waals surface area (Å²) >= 11 is 0. The van der Waals surface area contributed by atoms with Gasteiger partial charge in [0.25, 0.3) is 0 Å². The first-order chi connectivity index (χ1) is 4.52. The zero-order chi connectivity index (χ0) is 8.15. The maximum atomic E-state index is 11.5. The van der Waals surface area contributed by atoms with Crippen LogP contribution in [-0.2, 0) is 14.3 Å². The molecule has 0 unspecified atom stereocenters. The summed E-state index contributed by atoms with van der Waals surface area (Å²) in [5, 5.41) is 0. The molecule has 4 heteroatoms. The zero-order valence-electron chi connectivity index (χ0n) is 5.89. The van der Waals surface area contributed by atoms with Gasteiger partial charge >= 0.3 is 12.0 Å². The van der Waals surface area contributed by atoms with Crippen LogP contribution in [0.2, 0.25) is 0 Å². The van der Waals surface area contributed by atoms with E-state index in [9.17, 15) is 14.0 Å². The fraction of sp³-hybridized carbons (Fsp3) is 0.667. The van der Waals surface area contributed by atoms with E-state index in [2.05, 4.69) is 4.74 Å². The normalized spacial score (nSPS) is 9.60. The minimum Gasteiger partial charge on any atom is -0.463 e. The van der Waals surface area contributed by atoms with E-state index >= 15 is 0 Å². The number of hydrogen-bond acceptors (Lipinski definition) is 3. The van der Waals surface area contributed by atoms with Gasteiger partial charge in [-0.2, -0.15) is 4.39 Å².